The van der Waals surface area contributed by atoms with Gasteiger partial charge in [0.05, 0.1) is 10.5 Å². The van der Waals surface area contributed by atoms with E-state index in [9.17, 15) is 13.2 Å². The number of hydrogen-bond acceptors (Lipinski definition) is 5. The Morgan fingerprint density at radius 3 is 2.42 bits per heavy atom. The van der Waals surface area contributed by atoms with Crippen LogP contribution in [0.15, 0.2) is 52.1 Å². The quantitative estimate of drug-likeness (QED) is 0.571. The monoisotopic (exact) mass is 410 g/mol. The number of ether oxygens (including phenoxy) is 1. The van der Waals surface area contributed by atoms with Gasteiger partial charge < -0.3 is 4.74 Å². The number of hydrogen-bond donors (Lipinski definition) is 0. The van der Waals surface area contributed by atoms with Gasteiger partial charge >= 0.3 is 5.97 Å². The lowest BCUT2D eigenvalue weighted by molar-refractivity contribution is 0.0732. The zero-order chi connectivity index (χ0) is 17.2. The second-order valence-electron chi connectivity index (χ2n) is 5.32. The normalized spacial score (nSPS) is 15.4. The average Bonchev–Trinajstić information content (AvgIpc) is 3.12. The van der Waals surface area contributed by atoms with Crippen molar-refractivity contribution < 1.29 is 17.9 Å². The molecule has 1 aliphatic heterocycles. The van der Waals surface area contributed by atoms with Gasteiger partial charge in [-0.3, -0.25) is 0 Å². The molecule has 1 aromatic heterocycles. The van der Waals surface area contributed by atoms with Crippen molar-refractivity contribution in [2.45, 2.75) is 17.7 Å². The Labute approximate surface area is 148 Å². The third-order valence-corrected chi connectivity index (χ3v) is 6.23. The number of rotatable bonds is 4. The number of nitrogens with zero attached hydrogens (tertiary/aromatic N) is 2. The van der Waals surface area contributed by atoms with Gasteiger partial charge in [-0.1, -0.05) is 0 Å². The Balaban J connectivity index is 1.77. The average molecular weight is 411 g/mol. The minimum Gasteiger partial charge on any atom is -0.420 e. The molecule has 0 saturated carbocycles. The molecular weight excluding hydrogens is 396 g/mol. The second-order valence-corrected chi connectivity index (χ2v) is 8.01. The van der Waals surface area contributed by atoms with Crippen LogP contribution >= 0.6 is 15.9 Å². The first-order valence-electron chi connectivity index (χ1n) is 7.41. The molecule has 1 aromatic carbocycles. The van der Waals surface area contributed by atoms with Gasteiger partial charge in [0.1, 0.15) is 4.60 Å². The van der Waals surface area contributed by atoms with E-state index >= 15 is 0 Å². The van der Waals surface area contributed by atoms with Crippen molar-refractivity contribution >= 4 is 31.9 Å². The maximum atomic E-state index is 12.4. The van der Waals surface area contributed by atoms with E-state index in [0.29, 0.717) is 23.4 Å². The van der Waals surface area contributed by atoms with Gasteiger partial charge in [-0.05, 0) is 65.2 Å². The molecule has 24 heavy (non-hydrogen) atoms. The van der Waals surface area contributed by atoms with Crippen molar-refractivity contribution in [3.63, 3.8) is 0 Å². The summed E-state index contributed by atoms with van der Waals surface area (Å²) in [5.41, 5.74) is 0.270. The third-order valence-electron chi connectivity index (χ3n) is 3.72. The SMILES string of the molecule is O=C(Oc1cccnc1Br)c1ccc(S(=O)(=O)N2CCCC2)cc1. The molecule has 1 aliphatic rings. The largest absolute Gasteiger partial charge is 0.420 e. The van der Waals surface area contributed by atoms with E-state index in [4.69, 9.17) is 4.74 Å². The van der Waals surface area contributed by atoms with Crippen molar-refractivity contribution in [1.82, 2.24) is 9.29 Å². The van der Waals surface area contributed by atoms with Crippen molar-refractivity contribution in [1.29, 1.82) is 0 Å². The predicted molar refractivity (Wildman–Crippen MR) is 91.3 cm³/mol. The van der Waals surface area contributed by atoms with Gasteiger partial charge in [0.25, 0.3) is 0 Å². The van der Waals surface area contributed by atoms with Gasteiger partial charge in [-0.2, -0.15) is 4.31 Å². The maximum Gasteiger partial charge on any atom is 0.343 e. The molecule has 1 fully saturated rings. The van der Waals surface area contributed by atoms with E-state index in [-0.39, 0.29) is 10.5 Å². The first kappa shape index (κ1) is 17.1. The molecule has 0 bridgehead atoms. The van der Waals surface area contributed by atoms with Gasteiger partial charge in [0, 0.05) is 19.3 Å². The number of carbonyl (C=O) groups is 1. The number of halogens is 1. The van der Waals surface area contributed by atoms with Gasteiger partial charge in [-0.25, -0.2) is 18.2 Å². The standard InChI is InChI=1S/C16H15BrN2O4S/c17-15-14(4-3-9-18-15)23-16(20)12-5-7-13(8-6-12)24(21,22)19-10-1-2-11-19/h3-9H,1-2,10-11H2. The van der Waals surface area contributed by atoms with E-state index < -0.39 is 16.0 Å². The lowest BCUT2D eigenvalue weighted by Gasteiger charge is -2.15. The highest BCUT2D eigenvalue weighted by molar-refractivity contribution is 9.10. The summed E-state index contributed by atoms with van der Waals surface area (Å²) in [5.74, 6) is -0.273. The molecule has 1 saturated heterocycles. The molecule has 2 aromatic rings. The summed E-state index contributed by atoms with van der Waals surface area (Å²) in [6.45, 7) is 1.09. The first-order chi connectivity index (χ1) is 11.5. The number of carbonyl (C=O) groups excluding carboxylic acids is 1. The summed E-state index contributed by atoms with van der Waals surface area (Å²) in [5, 5.41) is 0. The van der Waals surface area contributed by atoms with Crippen LogP contribution < -0.4 is 4.74 Å². The fourth-order valence-electron chi connectivity index (χ4n) is 2.45. The molecule has 0 spiro atoms. The summed E-state index contributed by atoms with van der Waals surface area (Å²) in [6, 6.07) is 9.04. The molecular formula is C16H15BrN2O4S. The molecule has 2 heterocycles. The molecule has 0 unspecified atom stereocenters. The lowest BCUT2D eigenvalue weighted by atomic mass is 10.2. The summed E-state index contributed by atoms with van der Waals surface area (Å²) in [6.07, 6.45) is 3.33. The highest BCUT2D eigenvalue weighted by Gasteiger charge is 2.27. The maximum absolute atomic E-state index is 12.4. The second kappa shape index (κ2) is 7.00. The van der Waals surface area contributed by atoms with Crippen LogP contribution in [-0.2, 0) is 10.0 Å². The van der Waals surface area contributed by atoms with Crippen LogP contribution in [-0.4, -0.2) is 36.8 Å². The van der Waals surface area contributed by atoms with E-state index in [1.165, 1.54) is 28.6 Å². The van der Waals surface area contributed by atoms with E-state index in [2.05, 4.69) is 20.9 Å². The Morgan fingerprint density at radius 1 is 1.12 bits per heavy atom. The van der Waals surface area contributed by atoms with Crippen LogP contribution in [0, 0.1) is 0 Å². The van der Waals surface area contributed by atoms with Crippen LogP contribution in [0.25, 0.3) is 0 Å². The highest BCUT2D eigenvalue weighted by Crippen LogP contribution is 2.24. The van der Waals surface area contributed by atoms with Gasteiger partial charge in [-0.15, -0.1) is 0 Å². The summed E-state index contributed by atoms with van der Waals surface area (Å²) in [7, 11) is -3.48. The number of sulfonamides is 1. The fourth-order valence-corrected chi connectivity index (χ4v) is 4.30. The van der Waals surface area contributed by atoms with Crippen LogP contribution in [0.2, 0.25) is 0 Å². The van der Waals surface area contributed by atoms with Crippen molar-refractivity contribution in [3.8, 4) is 5.75 Å². The predicted octanol–water partition coefficient (Wildman–Crippen LogP) is 2.85. The molecule has 0 aliphatic carbocycles. The summed E-state index contributed by atoms with van der Waals surface area (Å²) >= 11 is 3.20. The van der Waals surface area contributed by atoms with E-state index in [0.717, 1.165) is 12.8 Å². The molecule has 8 heteroatoms. The molecule has 6 nitrogen and oxygen atoms in total. The van der Waals surface area contributed by atoms with Crippen LogP contribution in [0.5, 0.6) is 5.75 Å². The van der Waals surface area contributed by atoms with Crippen LogP contribution in [0.4, 0.5) is 0 Å². The first-order valence-corrected chi connectivity index (χ1v) is 9.65. The molecule has 0 radical (unpaired) electrons. The number of benzene rings is 1. The summed E-state index contributed by atoms with van der Waals surface area (Å²) in [4.78, 5) is 16.3. The van der Waals surface area contributed by atoms with Crippen molar-refractivity contribution in [2.75, 3.05) is 13.1 Å². The Kier molecular flexibility index (Phi) is 4.98. The molecule has 3 rings (SSSR count). The van der Waals surface area contributed by atoms with Crippen LogP contribution in [0.1, 0.15) is 23.2 Å². The van der Waals surface area contributed by atoms with Gasteiger partial charge in [0.2, 0.25) is 10.0 Å². The van der Waals surface area contributed by atoms with E-state index in [1.807, 2.05) is 0 Å². The van der Waals surface area contributed by atoms with Crippen LogP contribution in [0.3, 0.4) is 0 Å². The zero-order valence-electron chi connectivity index (χ0n) is 12.7. The number of esters is 1. The fraction of sp³-hybridized carbons (Fsp3) is 0.250. The minimum atomic E-state index is -3.48. The smallest absolute Gasteiger partial charge is 0.343 e. The Hall–Kier alpha value is -1.77. The number of aromatic nitrogens is 1. The Bertz CT molecular complexity index is 847. The topological polar surface area (TPSA) is 76.6 Å². The van der Waals surface area contributed by atoms with Gasteiger partial charge in [0.15, 0.2) is 5.75 Å². The molecule has 0 atom stereocenters. The summed E-state index contributed by atoms with van der Waals surface area (Å²) < 4.78 is 32.0. The van der Waals surface area contributed by atoms with Crippen molar-refractivity contribution in [2.24, 2.45) is 0 Å². The minimum absolute atomic E-state index is 0.184. The zero-order valence-corrected chi connectivity index (χ0v) is 15.1. The molecule has 126 valence electrons. The lowest BCUT2D eigenvalue weighted by Crippen LogP contribution is -2.27. The van der Waals surface area contributed by atoms with Crippen molar-refractivity contribution in [3.05, 3.63) is 52.8 Å². The third kappa shape index (κ3) is 3.50. The Morgan fingerprint density at radius 2 is 1.79 bits per heavy atom. The number of pyridine rings is 1. The molecule has 0 N–H and O–H groups in total. The highest BCUT2D eigenvalue weighted by atomic mass is 79.9. The van der Waals surface area contributed by atoms with E-state index in [1.54, 1.807) is 18.3 Å². The molecule has 0 amide bonds.